The molecule has 0 aromatic carbocycles. The van der Waals surface area contributed by atoms with Crippen LogP contribution in [0.5, 0.6) is 0 Å². The van der Waals surface area contributed by atoms with Crippen molar-refractivity contribution in [3.63, 3.8) is 0 Å². The summed E-state index contributed by atoms with van der Waals surface area (Å²) in [6.07, 6.45) is 2.14. The Morgan fingerprint density at radius 2 is 2.00 bits per heavy atom. The van der Waals surface area contributed by atoms with Gasteiger partial charge in [-0.2, -0.15) is 5.26 Å². The number of rotatable bonds is 1. The van der Waals surface area contributed by atoms with Crippen LogP contribution in [0, 0.1) is 22.8 Å². The van der Waals surface area contributed by atoms with Crippen molar-refractivity contribution in [1.29, 1.82) is 10.5 Å². The van der Waals surface area contributed by atoms with Crippen molar-refractivity contribution >= 4 is 6.29 Å². The van der Waals surface area contributed by atoms with Crippen molar-refractivity contribution in [2.75, 3.05) is 7.05 Å². The van der Waals surface area contributed by atoms with Gasteiger partial charge in [0.05, 0.1) is 12.5 Å². The van der Waals surface area contributed by atoms with Gasteiger partial charge in [-0.1, -0.05) is 13.2 Å². The van der Waals surface area contributed by atoms with E-state index in [-0.39, 0.29) is 36.0 Å². The second kappa shape index (κ2) is 23.7. The van der Waals surface area contributed by atoms with Gasteiger partial charge >= 0.3 is 29.6 Å². The van der Waals surface area contributed by atoms with Crippen LogP contribution in [0.1, 0.15) is 6.42 Å². The molecule has 5 heteroatoms. The van der Waals surface area contributed by atoms with Crippen LogP contribution in [-0.4, -0.2) is 13.3 Å². The van der Waals surface area contributed by atoms with Crippen LogP contribution in [0.15, 0.2) is 0 Å². The zero-order valence-corrected chi connectivity index (χ0v) is 8.03. The van der Waals surface area contributed by atoms with Crippen LogP contribution in [0.25, 0.3) is 5.32 Å². The fraction of sp³-hybridized carbons (Fsp3) is 0.400. The third-order valence-electron chi connectivity index (χ3n) is 0.275. The minimum Gasteiger partial charge on any atom is -0.494 e. The van der Waals surface area contributed by atoms with Crippen LogP contribution < -0.4 is 29.6 Å². The predicted octanol–water partition coefficient (Wildman–Crippen LogP) is -2.43. The van der Waals surface area contributed by atoms with Crippen molar-refractivity contribution in [3.05, 3.63) is 5.32 Å². The monoisotopic (exact) mass is 147 g/mol. The Hall–Kier alpha value is -0.550. The molecule has 0 aliphatic rings. The molecule has 0 saturated heterocycles. The molecule has 0 rings (SSSR count). The van der Waals surface area contributed by atoms with E-state index in [9.17, 15) is 4.79 Å². The van der Waals surface area contributed by atoms with Gasteiger partial charge in [-0.3, -0.25) is 0 Å². The average Bonchev–Trinajstić information content (AvgIpc) is 1.91. The van der Waals surface area contributed by atoms with E-state index in [0.717, 1.165) is 0 Å². The molecule has 0 saturated carbocycles. The van der Waals surface area contributed by atoms with Crippen molar-refractivity contribution in [2.45, 2.75) is 6.42 Å². The molecule has 0 fully saturated rings. The number of aldehydes is 1. The second-order valence-electron chi connectivity index (χ2n) is 0.853. The Bertz CT molecular complexity index is 135. The number of nitrogens with zero attached hydrogens (tertiary/aromatic N) is 3. The Morgan fingerprint density at radius 1 is 1.60 bits per heavy atom. The molecule has 10 heavy (non-hydrogen) atoms. The number of carbonyl (C=O) groups is 1. The van der Waals surface area contributed by atoms with E-state index in [1.165, 1.54) is 7.05 Å². The van der Waals surface area contributed by atoms with Crippen LogP contribution >= 0.6 is 0 Å². The number of hydrogen-bond donors (Lipinski definition) is 0. The Kier molecular flexibility index (Phi) is 38.4. The van der Waals surface area contributed by atoms with Crippen molar-refractivity contribution < 1.29 is 34.4 Å². The summed E-state index contributed by atoms with van der Waals surface area (Å²) in [6.45, 7) is 0. The molecule has 0 radical (unpaired) electrons. The maximum Gasteiger partial charge on any atom is 1.00 e. The minimum atomic E-state index is 0. The predicted molar refractivity (Wildman–Crippen MR) is 31.2 cm³/mol. The van der Waals surface area contributed by atoms with Gasteiger partial charge in [-0.15, -0.1) is 0 Å². The van der Waals surface area contributed by atoms with Crippen LogP contribution in [0.4, 0.5) is 0 Å². The van der Waals surface area contributed by atoms with E-state index >= 15 is 0 Å². The second-order valence-corrected chi connectivity index (χ2v) is 0.853. The summed E-state index contributed by atoms with van der Waals surface area (Å²) >= 11 is 0. The molecule has 0 atom stereocenters. The minimum absolute atomic E-state index is 0. The van der Waals surface area contributed by atoms with Gasteiger partial charge in [0.15, 0.2) is 0 Å². The van der Waals surface area contributed by atoms with E-state index in [0.29, 0.717) is 6.29 Å². The van der Waals surface area contributed by atoms with Crippen LogP contribution in [0.2, 0.25) is 0 Å². The van der Waals surface area contributed by atoms with Gasteiger partial charge in [-0.25, -0.2) is 0 Å². The Labute approximate surface area is 82.1 Å². The normalized spacial score (nSPS) is 4.30. The fourth-order valence-corrected chi connectivity index (χ4v) is 0.0373. The molecule has 0 unspecified atom stereocenters. The van der Waals surface area contributed by atoms with E-state index in [1.807, 2.05) is 0 Å². The number of hydrogen-bond acceptors (Lipinski definition) is 3. The van der Waals surface area contributed by atoms with Gasteiger partial charge in [0.2, 0.25) is 0 Å². The summed E-state index contributed by atoms with van der Waals surface area (Å²) < 4.78 is 0. The largest absolute Gasteiger partial charge is 1.00 e. The number of nitriles is 2. The standard InChI is InChI=1S/C3H3NO.C2H3N2.Na/c4-2-1-3-5;1-4-2-3;/h3H,1H2;1H3;/q;-1;+1. The zero-order chi connectivity index (χ0) is 7.54. The first-order chi connectivity index (χ1) is 4.33. The zero-order valence-electron chi connectivity index (χ0n) is 6.03. The molecule has 0 aromatic rings. The smallest absolute Gasteiger partial charge is 0.494 e. The summed E-state index contributed by atoms with van der Waals surface area (Å²) in [5, 5.41) is 18.1. The summed E-state index contributed by atoms with van der Waals surface area (Å²) in [6, 6.07) is 1.65. The van der Waals surface area contributed by atoms with E-state index in [2.05, 4.69) is 5.32 Å². The average molecular weight is 147 g/mol. The van der Waals surface area contributed by atoms with Gasteiger partial charge in [0, 0.05) is 0 Å². The molecule has 4 nitrogen and oxygen atoms in total. The molecule has 0 amide bonds. The molecule has 0 spiro atoms. The maximum absolute atomic E-state index is 9.18. The summed E-state index contributed by atoms with van der Waals surface area (Å²) in [4.78, 5) is 9.18. The summed E-state index contributed by atoms with van der Waals surface area (Å²) in [5.41, 5.74) is 0. The molecule has 0 heterocycles. The quantitative estimate of drug-likeness (QED) is 0.235. The van der Waals surface area contributed by atoms with Gasteiger partial charge in [-0.05, 0) is 0 Å². The van der Waals surface area contributed by atoms with Crippen molar-refractivity contribution in [3.8, 4) is 12.3 Å². The topological polar surface area (TPSA) is 78.8 Å². The first-order valence-electron chi connectivity index (χ1n) is 2.12. The molecule has 0 aliphatic heterocycles. The summed E-state index contributed by atoms with van der Waals surface area (Å²) in [5.74, 6) is 0. The maximum atomic E-state index is 9.18. The molecule has 0 aliphatic carbocycles. The van der Waals surface area contributed by atoms with Crippen LogP contribution in [0.3, 0.4) is 0 Å². The summed E-state index contributed by atoms with van der Waals surface area (Å²) in [7, 11) is 1.44. The SMILES string of the molecule is C[N-]C#N.N#CCC=O.[Na+]. The van der Waals surface area contributed by atoms with E-state index in [1.54, 1.807) is 12.3 Å². The first kappa shape index (κ1) is 16.2. The van der Waals surface area contributed by atoms with Gasteiger partial charge in [0.25, 0.3) is 0 Å². The molecule has 0 bridgehead atoms. The first-order valence-corrected chi connectivity index (χ1v) is 2.12. The Morgan fingerprint density at radius 3 is 2.00 bits per heavy atom. The van der Waals surface area contributed by atoms with E-state index < -0.39 is 0 Å². The van der Waals surface area contributed by atoms with Gasteiger partial charge < -0.3 is 15.4 Å². The molecular weight excluding hydrogens is 141 g/mol. The van der Waals surface area contributed by atoms with E-state index in [4.69, 9.17) is 10.5 Å². The third kappa shape index (κ3) is 51.6. The third-order valence-corrected chi connectivity index (χ3v) is 0.275. The van der Waals surface area contributed by atoms with Crippen LogP contribution in [-0.2, 0) is 4.79 Å². The molecule has 0 aromatic heterocycles. The van der Waals surface area contributed by atoms with Crippen molar-refractivity contribution in [2.24, 2.45) is 0 Å². The fourth-order valence-electron chi connectivity index (χ4n) is 0.0373. The molecular formula is C5H6N3NaO. The van der Waals surface area contributed by atoms with Gasteiger partial charge in [0.1, 0.15) is 6.29 Å². The number of carbonyl (C=O) groups excluding carboxylic acids is 1. The molecule has 48 valence electrons. The van der Waals surface area contributed by atoms with Crippen molar-refractivity contribution in [1.82, 2.24) is 0 Å². The Balaban J connectivity index is -0.0000000910. The molecule has 0 N–H and O–H groups in total.